The molecular formula is C15H17F3N2O. The molecule has 0 aliphatic carbocycles. The number of hydrogen-bond acceptors (Lipinski definition) is 2. The van der Waals surface area contributed by atoms with E-state index in [0.717, 1.165) is 23.4 Å². The van der Waals surface area contributed by atoms with Crippen molar-refractivity contribution in [3.05, 3.63) is 62.8 Å². The first-order valence-corrected chi connectivity index (χ1v) is 6.28. The molecule has 0 saturated heterocycles. The van der Waals surface area contributed by atoms with Gasteiger partial charge in [0.25, 0.3) is 0 Å². The molecule has 0 unspecified atom stereocenters. The van der Waals surface area contributed by atoms with Gasteiger partial charge in [-0.2, -0.15) is 13.2 Å². The maximum Gasteiger partial charge on any atom is 0.416 e. The van der Waals surface area contributed by atoms with Gasteiger partial charge >= 0.3 is 6.18 Å². The van der Waals surface area contributed by atoms with E-state index in [1.807, 2.05) is 19.9 Å². The van der Waals surface area contributed by atoms with Crippen molar-refractivity contribution < 1.29 is 13.2 Å². The van der Waals surface area contributed by atoms with Crippen LogP contribution in [-0.2, 0) is 6.18 Å². The van der Waals surface area contributed by atoms with Crippen molar-refractivity contribution in [2.45, 2.75) is 33.9 Å². The topological polar surface area (TPSA) is 45.8 Å². The maximum atomic E-state index is 12.1. The summed E-state index contributed by atoms with van der Waals surface area (Å²) < 4.78 is 36.4. The molecule has 2 aromatic heterocycles. The van der Waals surface area contributed by atoms with Crippen molar-refractivity contribution in [2.75, 3.05) is 0 Å². The number of alkyl halides is 3. The first-order chi connectivity index (χ1) is 9.57. The summed E-state index contributed by atoms with van der Waals surface area (Å²) in [5, 5.41) is 0. The van der Waals surface area contributed by atoms with Gasteiger partial charge < -0.3 is 4.98 Å². The van der Waals surface area contributed by atoms with Gasteiger partial charge in [0, 0.05) is 23.1 Å². The maximum absolute atomic E-state index is 12.1. The molecule has 1 N–H and O–H groups in total. The number of hydrogen-bond donors (Lipinski definition) is 1. The molecule has 114 valence electrons. The van der Waals surface area contributed by atoms with Crippen LogP contribution in [0, 0.1) is 27.7 Å². The SMILES string of the molecule is Cc1cc(C(F)(F)F)cc(C)n1.Cc1cc(C)[nH]c(=O)c1. The number of aryl methyl sites for hydroxylation is 4. The zero-order valence-corrected chi connectivity index (χ0v) is 12.3. The molecule has 3 nitrogen and oxygen atoms in total. The summed E-state index contributed by atoms with van der Waals surface area (Å²) in [6, 6.07) is 5.58. The Bertz CT molecular complexity index is 632. The van der Waals surface area contributed by atoms with Gasteiger partial charge in [-0.25, -0.2) is 0 Å². The predicted molar refractivity (Wildman–Crippen MR) is 75.2 cm³/mol. The van der Waals surface area contributed by atoms with Gasteiger partial charge in [-0.3, -0.25) is 9.78 Å². The van der Waals surface area contributed by atoms with Gasteiger partial charge in [0.2, 0.25) is 5.56 Å². The third kappa shape index (κ3) is 5.81. The smallest absolute Gasteiger partial charge is 0.327 e. The van der Waals surface area contributed by atoms with Crippen LogP contribution >= 0.6 is 0 Å². The summed E-state index contributed by atoms with van der Waals surface area (Å²) >= 11 is 0. The van der Waals surface area contributed by atoms with E-state index in [1.54, 1.807) is 19.9 Å². The standard InChI is InChI=1S/C8H8F3N.C7H9NO/c1-5-3-7(8(9,10)11)4-6(2)12-5;1-5-3-6(2)8-7(9)4-5/h3-4H,1-2H3;3-4H,1-2H3,(H,8,9). The Morgan fingerprint density at radius 2 is 1.48 bits per heavy atom. The van der Waals surface area contributed by atoms with E-state index in [4.69, 9.17) is 0 Å². The quantitative estimate of drug-likeness (QED) is 0.806. The minimum Gasteiger partial charge on any atom is -0.327 e. The molecule has 0 fully saturated rings. The summed E-state index contributed by atoms with van der Waals surface area (Å²) in [5.41, 5.74) is 2.06. The highest BCUT2D eigenvalue weighted by Crippen LogP contribution is 2.29. The third-order valence-corrected chi connectivity index (χ3v) is 2.53. The average molecular weight is 298 g/mol. The minimum absolute atomic E-state index is 0.0208. The predicted octanol–water partition coefficient (Wildman–Crippen LogP) is 3.71. The van der Waals surface area contributed by atoms with Crippen molar-refractivity contribution in [1.82, 2.24) is 9.97 Å². The number of aromatic amines is 1. The summed E-state index contributed by atoms with van der Waals surface area (Å²) in [7, 11) is 0. The summed E-state index contributed by atoms with van der Waals surface area (Å²) in [6.45, 7) is 6.86. The Morgan fingerprint density at radius 3 is 1.86 bits per heavy atom. The molecule has 0 radical (unpaired) electrons. The van der Waals surface area contributed by atoms with E-state index in [2.05, 4.69) is 9.97 Å². The molecule has 2 heterocycles. The van der Waals surface area contributed by atoms with Crippen LogP contribution in [0.1, 0.15) is 28.2 Å². The van der Waals surface area contributed by atoms with Gasteiger partial charge in [0.1, 0.15) is 0 Å². The van der Waals surface area contributed by atoms with Gasteiger partial charge in [-0.05, 0) is 51.5 Å². The lowest BCUT2D eigenvalue weighted by Crippen LogP contribution is -2.06. The highest BCUT2D eigenvalue weighted by molar-refractivity contribution is 5.22. The summed E-state index contributed by atoms with van der Waals surface area (Å²) in [5.74, 6) is 0. The highest BCUT2D eigenvalue weighted by atomic mass is 19.4. The van der Waals surface area contributed by atoms with Crippen LogP contribution in [0.25, 0.3) is 0 Å². The van der Waals surface area contributed by atoms with Gasteiger partial charge in [0.15, 0.2) is 0 Å². The van der Waals surface area contributed by atoms with E-state index >= 15 is 0 Å². The molecule has 0 aliphatic heterocycles. The Morgan fingerprint density at radius 1 is 0.952 bits per heavy atom. The molecule has 0 aromatic carbocycles. The molecule has 0 bridgehead atoms. The second-order valence-corrected chi connectivity index (χ2v) is 4.84. The molecule has 0 amide bonds. The summed E-state index contributed by atoms with van der Waals surface area (Å²) in [4.78, 5) is 17.2. The Kier molecular flexibility index (Phi) is 5.29. The number of pyridine rings is 2. The Balaban J connectivity index is 0.000000219. The number of nitrogens with one attached hydrogen (secondary N) is 1. The van der Waals surface area contributed by atoms with Crippen LogP contribution in [0.4, 0.5) is 13.2 Å². The molecule has 2 rings (SSSR count). The van der Waals surface area contributed by atoms with E-state index < -0.39 is 11.7 Å². The second kappa shape index (κ2) is 6.56. The third-order valence-electron chi connectivity index (χ3n) is 2.53. The Labute approximate surface area is 120 Å². The number of halogens is 3. The lowest BCUT2D eigenvalue weighted by atomic mass is 10.2. The van der Waals surface area contributed by atoms with Crippen molar-refractivity contribution in [3.63, 3.8) is 0 Å². The van der Waals surface area contributed by atoms with Gasteiger partial charge in [-0.15, -0.1) is 0 Å². The van der Waals surface area contributed by atoms with Crippen LogP contribution in [0.3, 0.4) is 0 Å². The fourth-order valence-electron chi connectivity index (χ4n) is 1.85. The van der Waals surface area contributed by atoms with E-state index in [9.17, 15) is 18.0 Å². The fourth-order valence-corrected chi connectivity index (χ4v) is 1.85. The minimum atomic E-state index is -4.27. The van der Waals surface area contributed by atoms with Crippen LogP contribution in [0.5, 0.6) is 0 Å². The number of H-pyrrole nitrogens is 1. The first-order valence-electron chi connectivity index (χ1n) is 6.28. The average Bonchev–Trinajstić information content (AvgIpc) is 2.24. The number of aromatic nitrogens is 2. The van der Waals surface area contributed by atoms with Gasteiger partial charge in [-0.1, -0.05) is 0 Å². The van der Waals surface area contributed by atoms with E-state index in [1.165, 1.54) is 0 Å². The lowest BCUT2D eigenvalue weighted by Gasteiger charge is -2.07. The highest BCUT2D eigenvalue weighted by Gasteiger charge is 2.30. The zero-order chi connectivity index (χ0) is 16.2. The molecular weight excluding hydrogens is 281 g/mol. The van der Waals surface area contributed by atoms with E-state index in [-0.39, 0.29) is 5.56 Å². The molecule has 6 heteroatoms. The molecule has 0 spiro atoms. The Hall–Kier alpha value is -2.11. The van der Waals surface area contributed by atoms with Crippen molar-refractivity contribution >= 4 is 0 Å². The molecule has 2 aromatic rings. The lowest BCUT2D eigenvalue weighted by molar-refractivity contribution is -0.137. The van der Waals surface area contributed by atoms with Crippen molar-refractivity contribution in [1.29, 1.82) is 0 Å². The molecule has 0 atom stereocenters. The summed E-state index contributed by atoms with van der Waals surface area (Å²) in [6.07, 6.45) is -4.27. The largest absolute Gasteiger partial charge is 0.416 e. The fraction of sp³-hybridized carbons (Fsp3) is 0.333. The normalized spacial score (nSPS) is 10.8. The molecule has 0 aliphatic rings. The van der Waals surface area contributed by atoms with Crippen LogP contribution in [0.15, 0.2) is 29.1 Å². The van der Waals surface area contributed by atoms with Crippen molar-refractivity contribution in [3.8, 4) is 0 Å². The van der Waals surface area contributed by atoms with Crippen molar-refractivity contribution in [2.24, 2.45) is 0 Å². The number of nitrogens with zero attached hydrogens (tertiary/aromatic N) is 1. The van der Waals surface area contributed by atoms with Crippen LogP contribution < -0.4 is 5.56 Å². The molecule has 0 saturated carbocycles. The van der Waals surface area contributed by atoms with Crippen LogP contribution in [-0.4, -0.2) is 9.97 Å². The monoisotopic (exact) mass is 298 g/mol. The van der Waals surface area contributed by atoms with Gasteiger partial charge in [0.05, 0.1) is 5.56 Å². The van der Waals surface area contributed by atoms with E-state index in [0.29, 0.717) is 11.4 Å². The molecule has 21 heavy (non-hydrogen) atoms. The second-order valence-electron chi connectivity index (χ2n) is 4.84. The first kappa shape index (κ1) is 16.9. The number of rotatable bonds is 0. The van der Waals surface area contributed by atoms with Crippen LogP contribution in [0.2, 0.25) is 0 Å². The zero-order valence-electron chi connectivity index (χ0n) is 12.3.